The van der Waals surface area contributed by atoms with Crippen molar-refractivity contribution in [3.63, 3.8) is 0 Å². The molecule has 2 N–H and O–H groups in total. The van der Waals surface area contributed by atoms with E-state index in [-0.39, 0.29) is 30.1 Å². The van der Waals surface area contributed by atoms with E-state index in [0.29, 0.717) is 23.8 Å². The van der Waals surface area contributed by atoms with Crippen LogP contribution in [0.25, 0.3) is 0 Å². The van der Waals surface area contributed by atoms with Crippen LogP contribution in [0.2, 0.25) is 0 Å². The molecule has 2 heterocycles. The zero-order valence-corrected chi connectivity index (χ0v) is 14.1. The van der Waals surface area contributed by atoms with Crippen LogP contribution in [0.3, 0.4) is 0 Å². The van der Waals surface area contributed by atoms with Gasteiger partial charge in [-0.1, -0.05) is 18.2 Å². The zero-order valence-electron chi connectivity index (χ0n) is 14.1. The van der Waals surface area contributed by atoms with Gasteiger partial charge in [-0.15, -0.1) is 0 Å². The summed E-state index contributed by atoms with van der Waals surface area (Å²) in [7, 11) is 0. The molecule has 1 aliphatic heterocycles. The fourth-order valence-electron chi connectivity index (χ4n) is 2.71. The Balaban J connectivity index is 1.62. The molecule has 1 aliphatic rings. The number of carbonyl (C=O) groups excluding carboxylic acids is 1. The second-order valence-electron chi connectivity index (χ2n) is 5.98. The van der Waals surface area contributed by atoms with Gasteiger partial charge in [0, 0.05) is 31.3 Å². The topological polar surface area (TPSA) is 76.1 Å². The van der Waals surface area contributed by atoms with E-state index in [4.69, 9.17) is 4.74 Å². The Hall–Kier alpha value is -2.54. The SMILES string of the molecule is Cc1nc(NCC2CCCO2)cc(C(=O)NCc2ccccc2F)n1. The molecule has 1 saturated heterocycles. The molecule has 1 amide bonds. The number of aryl methyl sites for hydroxylation is 1. The third-order valence-corrected chi connectivity index (χ3v) is 4.00. The van der Waals surface area contributed by atoms with E-state index >= 15 is 0 Å². The van der Waals surface area contributed by atoms with Crippen LogP contribution in [-0.2, 0) is 11.3 Å². The van der Waals surface area contributed by atoms with Crippen molar-refractivity contribution in [2.24, 2.45) is 0 Å². The number of halogens is 1. The van der Waals surface area contributed by atoms with Gasteiger partial charge in [-0.05, 0) is 25.8 Å². The van der Waals surface area contributed by atoms with Crippen molar-refractivity contribution in [1.29, 1.82) is 0 Å². The van der Waals surface area contributed by atoms with Gasteiger partial charge in [-0.3, -0.25) is 4.79 Å². The number of hydrogen-bond acceptors (Lipinski definition) is 5. The fourth-order valence-corrected chi connectivity index (χ4v) is 2.71. The van der Waals surface area contributed by atoms with Crippen LogP contribution in [-0.4, -0.2) is 35.1 Å². The van der Waals surface area contributed by atoms with Gasteiger partial charge < -0.3 is 15.4 Å². The number of hydrogen-bond donors (Lipinski definition) is 2. The quantitative estimate of drug-likeness (QED) is 0.842. The number of amides is 1. The van der Waals surface area contributed by atoms with E-state index in [1.165, 1.54) is 6.07 Å². The summed E-state index contributed by atoms with van der Waals surface area (Å²) < 4.78 is 19.2. The van der Waals surface area contributed by atoms with Gasteiger partial charge in [-0.2, -0.15) is 0 Å². The smallest absolute Gasteiger partial charge is 0.270 e. The molecule has 0 radical (unpaired) electrons. The van der Waals surface area contributed by atoms with Gasteiger partial charge in [0.05, 0.1) is 6.10 Å². The summed E-state index contributed by atoms with van der Waals surface area (Å²) in [6.07, 6.45) is 2.26. The zero-order chi connectivity index (χ0) is 17.6. The highest BCUT2D eigenvalue weighted by molar-refractivity contribution is 5.92. The first-order valence-electron chi connectivity index (χ1n) is 8.34. The maximum absolute atomic E-state index is 13.6. The highest BCUT2D eigenvalue weighted by atomic mass is 19.1. The highest BCUT2D eigenvalue weighted by Crippen LogP contribution is 2.14. The van der Waals surface area contributed by atoms with Gasteiger partial charge in [0.1, 0.15) is 23.2 Å². The molecule has 3 rings (SSSR count). The first-order chi connectivity index (χ1) is 12.1. The minimum Gasteiger partial charge on any atom is -0.376 e. The summed E-state index contributed by atoms with van der Waals surface area (Å²) in [5, 5.41) is 5.88. The lowest BCUT2D eigenvalue weighted by Crippen LogP contribution is -2.25. The lowest BCUT2D eigenvalue weighted by atomic mass is 10.2. The summed E-state index contributed by atoms with van der Waals surface area (Å²) in [5.41, 5.74) is 0.678. The summed E-state index contributed by atoms with van der Waals surface area (Å²) in [5.74, 6) is 0.363. The Kier molecular flexibility index (Phi) is 5.55. The van der Waals surface area contributed by atoms with E-state index in [1.807, 2.05) is 0 Å². The molecule has 1 unspecified atom stereocenters. The molecule has 2 aromatic rings. The van der Waals surface area contributed by atoms with E-state index < -0.39 is 0 Å². The Morgan fingerprint density at radius 2 is 2.20 bits per heavy atom. The minimum atomic E-state index is -0.367. The number of benzene rings is 1. The van der Waals surface area contributed by atoms with Crippen LogP contribution >= 0.6 is 0 Å². The van der Waals surface area contributed by atoms with Crippen LogP contribution in [0.15, 0.2) is 30.3 Å². The maximum atomic E-state index is 13.6. The van der Waals surface area contributed by atoms with Crippen molar-refractivity contribution in [3.8, 4) is 0 Å². The molecule has 132 valence electrons. The van der Waals surface area contributed by atoms with E-state index in [0.717, 1.165) is 19.4 Å². The third-order valence-electron chi connectivity index (χ3n) is 4.00. The average molecular weight is 344 g/mol. The van der Waals surface area contributed by atoms with Gasteiger partial charge in [0.25, 0.3) is 5.91 Å². The van der Waals surface area contributed by atoms with Gasteiger partial charge in [0.15, 0.2) is 0 Å². The Morgan fingerprint density at radius 1 is 1.36 bits per heavy atom. The lowest BCUT2D eigenvalue weighted by molar-refractivity contribution is 0.0945. The molecule has 0 spiro atoms. The number of ether oxygens (including phenoxy) is 1. The summed E-state index contributed by atoms with van der Waals surface area (Å²) in [6, 6.07) is 7.93. The average Bonchev–Trinajstić information content (AvgIpc) is 3.12. The standard InChI is InChI=1S/C18H21FN4O2/c1-12-22-16(9-17(23-12)20-11-14-6-4-8-25-14)18(24)21-10-13-5-2-3-7-15(13)19/h2-3,5,7,9,14H,4,6,8,10-11H2,1H3,(H,21,24)(H,20,22,23). The number of nitrogens with zero attached hydrogens (tertiary/aromatic N) is 2. The maximum Gasteiger partial charge on any atom is 0.270 e. The molecule has 6 nitrogen and oxygen atoms in total. The number of carbonyl (C=O) groups is 1. The van der Waals surface area contributed by atoms with Crippen molar-refractivity contribution in [1.82, 2.24) is 15.3 Å². The minimum absolute atomic E-state index is 0.104. The predicted molar refractivity (Wildman–Crippen MR) is 91.8 cm³/mol. The molecule has 25 heavy (non-hydrogen) atoms. The van der Waals surface area contributed by atoms with Gasteiger partial charge >= 0.3 is 0 Å². The predicted octanol–water partition coefficient (Wildman–Crippen LogP) is 2.45. The molecule has 1 aromatic carbocycles. The summed E-state index contributed by atoms with van der Waals surface area (Å²) in [6.45, 7) is 3.27. The first-order valence-corrected chi connectivity index (χ1v) is 8.34. The monoisotopic (exact) mass is 344 g/mol. The molecule has 7 heteroatoms. The van der Waals surface area contributed by atoms with Gasteiger partial charge in [0.2, 0.25) is 0 Å². The van der Waals surface area contributed by atoms with Crippen molar-refractivity contribution in [2.75, 3.05) is 18.5 Å². The number of nitrogens with one attached hydrogen (secondary N) is 2. The van der Waals surface area contributed by atoms with E-state index in [9.17, 15) is 9.18 Å². The molecule has 0 saturated carbocycles. The molecule has 1 aromatic heterocycles. The summed E-state index contributed by atoms with van der Waals surface area (Å²) >= 11 is 0. The van der Waals surface area contributed by atoms with Crippen molar-refractivity contribution in [3.05, 3.63) is 53.2 Å². The number of rotatable bonds is 6. The molecule has 1 atom stereocenters. The van der Waals surface area contributed by atoms with Crippen molar-refractivity contribution < 1.29 is 13.9 Å². The van der Waals surface area contributed by atoms with E-state index in [2.05, 4.69) is 20.6 Å². The third kappa shape index (κ3) is 4.73. The first kappa shape index (κ1) is 17.3. The highest BCUT2D eigenvalue weighted by Gasteiger charge is 2.16. The number of aromatic nitrogens is 2. The molecular formula is C18H21FN4O2. The second kappa shape index (κ2) is 8.02. The van der Waals surface area contributed by atoms with Crippen molar-refractivity contribution in [2.45, 2.75) is 32.4 Å². The Morgan fingerprint density at radius 3 is 2.96 bits per heavy atom. The van der Waals surface area contributed by atoms with Gasteiger partial charge in [-0.25, -0.2) is 14.4 Å². The van der Waals surface area contributed by atoms with Crippen molar-refractivity contribution >= 4 is 11.7 Å². The largest absolute Gasteiger partial charge is 0.376 e. The Labute approximate surface area is 145 Å². The normalized spacial score (nSPS) is 16.6. The Bertz CT molecular complexity index is 748. The molecular weight excluding hydrogens is 323 g/mol. The second-order valence-corrected chi connectivity index (χ2v) is 5.98. The van der Waals surface area contributed by atoms with Crippen LogP contribution in [0.1, 0.15) is 34.7 Å². The van der Waals surface area contributed by atoms with Crippen LogP contribution in [0.4, 0.5) is 10.2 Å². The molecule has 0 bridgehead atoms. The summed E-state index contributed by atoms with van der Waals surface area (Å²) in [4.78, 5) is 20.8. The lowest BCUT2D eigenvalue weighted by Gasteiger charge is -2.12. The van der Waals surface area contributed by atoms with E-state index in [1.54, 1.807) is 31.2 Å². The molecule has 1 fully saturated rings. The van der Waals surface area contributed by atoms with Crippen LogP contribution in [0, 0.1) is 12.7 Å². The number of anilines is 1. The molecule has 0 aliphatic carbocycles. The van der Waals surface area contributed by atoms with Crippen LogP contribution < -0.4 is 10.6 Å². The fraction of sp³-hybridized carbons (Fsp3) is 0.389. The van der Waals surface area contributed by atoms with Crippen LogP contribution in [0.5, 0.6) is 0 Å².